The quantitative estimate of drug-likeness (QED) is 0.841. The Kier molecular flexibility index (Phi) is 5.13. The fourth-order valence-electron chi connectivity index (χ4n) is 1.78. The molecule has 0 saturated heterocycles. The van der Waals surface area contributed by atoms with Gasteiger partial charge in [0, 0.05) is 10.5 Å². The van der Waals surface area contributed by atoms with Crippen molar-refractivity contribution in [3.63, 3.8) is 0 Å². The number of nitrogens with zero attached hydrogens (tertiary/aromatic N) is 3. The maximum atomic E-state index is 12.4. The molecule has 1 aromatic heterocycles. The van der Waals surface area contributed by atoms with E-state index in [1.54, 1.807) is 36.7 Å². The summed E-state index contributed by atoms with van der Waals surface area (Å²) in [7, 11) is -3.56. The highest BCUT2D eigenvalue weighted by atomic mass is 79.9. The first-order chi connectivity index (χ1) is 9.88. The zero-order valence-electron chi connectivity index (χ0n) is 11.8. The summed E-state index contributed by atoms with van der Waals surface area (Å²) in [6.07, 6.45) is 3.14. The Balaban J connectivity index is 2.17. The minimum absolute atomic E-state index is 0.112. The maximum Gasteiger partial charge on any atom is 0.240 e. The van der Waals surface area contributed by atoms with E-state index in [0.717, 1.165) is 4.47 Å². The van der Waals surface area contributed by atoms with E-state index >= 15 is 0 Å². The number of benzene rings is 1. The molecule has 1 aromatic carbocycles. The molecule has 0 aliphatic rings. The Bertz CT molecular complexity index is 669. The molecule has 0 fully saturated rings. The van der Waals surface area contributed by atoms with Crippen LogP contribution in [0.3, 0.4) is 0 Å². The van der Waals surface area contributed by atoms with E-state index in [2.05, 4.69) is 30.8 Å². The molecule has 2 rings (SSSR count). The molecular formula is C13H17BrN4O2S. The topological polar surface area (TPSA) is 76.9 Å². The molecule has 0 spiro atoms. The van der Waals surface area contributed by atoms with E-state index in [1.165, 1.54) is 4.80 Å². The molecule has 21 heavy (non-hydrogen) atoms. The van der Waals surface area contributed by atoms with Crippen molar-refractivity contribution in [1.29, 1.82) is 0 Å². The molecule has 2 aromatic rings. The summed E-state index contributed by atoms with van der Waals surface area (Å²) in [6, 6.07) is 6.25. The summed E-state index contributed by atoms with van der Waals surface area (Å²) in [5.41, 5.74) is 0. The molecule has 1 heterocycles. The monoisotopic (exact) mass is 372 g/mol. The van der Waals surface area contributed by atoms with Crippen molar-refractivity contribution >= 4 is 26.0 Å². The van der Waals surface area contributed by atoms with Gasteiger partial charge in [-0.05, 0) is 30.2 Å². The van der Waals surface area contributed by atoms with Crippen molar-refractivity contribution < 1.29 is 8.42 Å². The van der Waals surface area contributed by atoms with Crippen LogP contribution in [0.15, 0.2) is 46.0 Å². The largest absolute Gasteiger partial charge is 0.240 e. The number of rotatable bonds is 6. The minimum atomic E-state index is -3.56. The lowest BCUT2D eigenvalue weighted by Gasteiger charge is -2.21. The third-order valence-corrected chi connectivity index (χ3v) is 5.10. The molecule has 0 aliphatic heterocycles. The standard InChI is InChI=1S/C13H17BrN4O2S/c1-10(2)13(9-18-15-7-8-16-18)17-21(19,20)12-5-3-11(14)4-6-12/h3-8,10,13,17H,9H2,1-2H3. The van der Waals surface area contributed by atoms with Gasteiger partial charge in [0.15, 0.2) is 0 Å². The van der Waals surface area contributed by atoms with Gasteiger partial charge >= 0.3 is 0 Å². The van der Waals surface area contributed by atoms with Crippen LogP contribution in [0.5, 0.6) is 0 Å². The summed E-state index contributed by atoms with van der Waals surface area (Å²) in [5.74, 6) is 0.112. The summed E-state index contributed by atoms with van der Waals surface area (Å²) in [6.45, 7) is 4.30. The first-order valence-electron chi connectivity index (χ1n) is 6.50. The lowest BCUT2D eigenvalue weighted by atomic mass is 10.1. The molecule has 0 bridgehead atoms. The number of nitrogens with one attached hydrogen (secondary N) is 1. The van der Waals surface area contributed by atoms with Gasteiger partial charge in [0.2, 0.25) is 10.0 Å². The Hall–Kier alpha value is -1.25. The number of aromatic nitrogens is 3. The van der Waals surface area contributed by atoms with Crippen LogP contribution in [0.25, 0.3) is 0 Å². The Morgan fingerprint density at radius 3 is 2.29 bits per heavy atom. The Morgan fingerprint density at radius 1 is 1.19 bits per heavy atom. The predicted molar refractivity (Wildman–Crippen MR) is 83.1 cm³/mol. The summed E-state index contributed by atoms with van der Waals surface area (Å²) < 4.78 is 28.4. The second-order valence-electron chi connectivity index (χ2n) is 5.01. The van der Waals surface area contributed by atoms with Crippen LogP contribution in [-0.2, 0) is 16.6 Å². The third kappa shape index (κ3) is 4.36. The SMILES string of the molecule is CC(C)C(Cn1nccn1)NS(=O)(=O)c1ccc(Br)cc1. The van der Waals surface area contributed by atoms with Gasteiger partial charge in [-0.2, -0.15) is 15.0 Å². The Morgan fingerprint density at radius 2 is 1.76 bits per heavy atom. The van der Waals surface area contributed by atoms with Crippen LogP contribution in [0.2, 0.25) is 0 Å². The predicted octanol–water partition coefficient (Wildman–Crippen LogP) is 2.04. The molecule has 0 saturated carbocycles. The van der Waals surface area contributed by atoms with Gasteiger partial charge in [-0.1, -0.05) is 29.8 Å². The van der Waals surface area contributed by atoms with Crippen LogP contribution in [0.4, 0.5) is 0 Å². The van der Waals surface area contributed by atoms with Gasteiger partial charge in [-0.25, -0.2) is 13.1 Å². The van der Waals surface area contributed by atoms with Crippen molar-refractivity contribution in [3.05, 3.63) is 41.1 Å². The molecule has 1 atom stereocenters. The zero-order chi connectivity index (χ0) is 15.5. The van der Waals surface area contributed by atoms with Gasteiger partial charge in [0.1, 0.15) is 0 Å². The number of halogens is 1. The number of hydrogen-bond acceptors (Lipinski definition) is 4. The normalized spacial score (nSPS) is 13.5. The third-order valence-electron chi connectivity index (χ3n) is 3.06. The molecule has 1 unspecified atom stereocenters. The van der Waals surface area contributed by atoms with Crippen LogP contribution in [0, 0.1) is 5.92 Å². The van der Waals surface area contributed by atoms with Crippen molar-refractivity contribution in [2.75, 3.05) is 0 Å². The summed E-state index contributed by atoms with van der Waals surface area (Å²) in [5, 5.41) is 8.03. The fraction of sp³-hybridized carbons (Fsp3) is 0.385. The van der Waals surface area contributed by atoms with Crippen molar-refractivity contribution in [1.82, 2.24) is 19.7 Å². The molecule has 6 nitrogen and oxygen atoms in total. The second-order valence-corrected chi connectivity index (χ2v) is 7.64. The maximum absolute atomic E-state index is 12.4. The molecular weight excluding hydrogens is 356 g/mol. The first kappa shape index (κ1) is 16.1. The molecule has 8 heteroatoms. The van der Waals surface area contributed by atoms with Crippen molar-refractivity contribution in [2.45, 2.75) is 31.3 Å². The van der Waals surface area contributed by atoms with Crippen LogP contribution in [-0.4, -0.2) is 29.5 Å². The van der Waals surface area contributed by atoms with Crippen LogP contribution >= 0.6 is 15.9 Å². The molecule has 1 N–H and O–H groups in total. The van der Waals surface area contributed by atoms with Gasteiger partial charge in [0.25, 0.3) is 0 Å². The van der Waals surface area contributed by atoms with E-state index in [4.69, 9.17) is 0 Å². The highest BCUT2D eigenvalue weighted by Crippen LogP contribution is 2.16. The lowest BCUT2D eigenvalue weighted by molar-refractivity contribution is 0.361. The highest BCUT2D eigenvalue weighted by molar-refractivity contribution is 9.10. The molecule has 0 amide bonds. The summed E-state index contributed by atoms with van der Waals surface area (Å²) >= 11 is 3.29. The fourth-order valence-corrected chi connectivity index (χ4v) is 3.42. The molecule has 0 aliphatic carbocycles. The summed E-state index contributed by atoms with van der Waals surface area (Å²) in [4.78, 5) is 1.72. The van der Waals surface area contributed by atoms with Crippen molar-refractivity contribution in [3.8, 4) is 0 Å². The average Bonchev–Trinajstić information content (AvgIpc) is 2.91. The van der Waals surface area contributed by atoms with E-state index in [0.29, 0.717) is 6.54 Å². The van der Waals surface area contributed by atoms with E-state index in [-0.39, 0.29) is 16.9 Å². The number of hydrogen-bond donors (Lipinski definition) is 1. The minimum Gasteiger partial charge on any atom is -0.207 e. The zero-order valence-corrected chi connectivity index (χ0v) is 14.2. The van der Waals surface area contributed by atoms with Gasteiger partial charge in [0.05, 0.1) is 23.8 Å². The van der Waals surface area contributed by atoms with E-state index in [9.17, 15) is 8.42 Å². The van der Waals surface area contributed by atoms with E-state index < -0.39 is 10.0 Å². The van der Waals surface area contributed by atoms with Gasteiger partial charge < -0.3 is 0 Å². The first-order valence-corrected chi connectivity index (χ1v) is 8.78. The smallest absolute Gasteiger partial charge is 0.207 e. The second kappa shape index (κ2) is 6.67. The van der Waals surface area contributed by atoms with Crippen LogP contribution in [0.1, 0.15) is 13.8 Å². The highest BCUT2D eigenvalue weighted by Gasteiger charge is 2.23. The molecule has 114 valence electrons. The van der Waals surface area contributed by atoms with Gasteiger partial charge in [-0.3, -0.25) is 0 Å². The van der Waals surface area contributed by atoms with Crippen molar-refractivity contribution in [2.24, 2.45) is 5.92 Å². The average molecular weight is 373 g/mol. The number of sulfonamides is 1. The van der Waals surface area contributed by atoms with Crippen LogP contribution < -0.4 is 4.72 Å². The Labute approximate surface area is 132 Å². The van der Waals surface area contributed by atoms with Gasteiger partial charge in [-0.15, -0.1) is 0 Å². The molecule has 0 radical (unpaired) electrons. The van der Waals surface area contributed by atoms with E-state index in [1.807, 2.05) is 13.8 Å². The lowest BCUT2D eigenvalue weighted by Crippen LogP contribution is -2.41.